The number of hydrogen-bond donors (Lipinski definition) is 2. The van der Waals surface area contributed by atoms with E-state index in [-0.39, 0.29) is 12.5 Å². The minimum Gasteiger partial charge on any atom is -0.423 e. The number of hydrogen-bond acceptors (Lipinski definition) is 5. The van der Waals surface area contributed by atoms with Crippen LogP contribution in [-0.4, -0.2) is 30.5 Å². The van der Waals surface area contributed by atoms with E-state index in [2.05, 4.69) is 15.8 Å². The molecule has 162 valence electrons. The van der Waals surface area contributed by atoms with Gasteiger partial charge in [0.05, 0.1) is 18.3 Å². The zero-order chi connectivity index (χ0) is 22.9. The van der Waals surface area contributed by atoms with Gasteiger partial charge in [-0.05, 0) is 67.9 Å². The maximum atomic E-state index is 12.2. The Labute approximate surface area is 186 Å². The van der Waals surface area contributed by atoms with E-state index in [4.69, 9.17) is 4.74 Å². The van der Waals surface area contributed by atoms with Crippen molar-refractivity contribution in [2.75, 3.05) is 6.54 Å². The standard InChI is InChI=1S/C25H23N3O4/c1-17-5-3-7-20(13-17)24(30)26-16-23(29)28-27-15-19-9-11-22(12-10-19)32-25(31)21-8-4-6-18(2)14-21/h3-15H,16H2,1-2H3,(H,26,30)(H,28,29). The van der Waals surface area contributed by atoms with Gasteiger partial charge in [-0.1, -0.05) is 35.4 Å². The van der Waals surface area contributed by atoms with Crippen LogP contribution < -0.4 is 15.5 Å². The molecule has 0 aliphatic rings. The number of nitrogens with zero attached hydrogens (tertiary/aromatic N) is 1. The highest BCUT2D eigenvalue weighted by Gasteiger charge is 2.09. The zero-order valence-corrected chi connectivity index (χ0v) is 17.8. The van der Waals surface area contributed by atoms with Crippen molar-refractivity contribution in [3.8, 4) is 5.75 Å². The minimum atomic E-state index is -0.453. The molecule has 0 atom stereocenters. The van der Waals surface area contributed by atoms with Crippen LogP contribution in [0.2, 0.25) is 0 Å². The average molecular weight is 429 g/mol. The van der Waals surface area contributed by atoms with Crippen molar-refractivity contribution in [2.24, 2.45) is 5.10 Å². The van der Waals surface area contributed by atoms with E-state index in [1.165, 1.54) is 6.21 Å². The van der Waals surface area contributed by atoms with Crippen molar-refractivity contribution >= 4 is 24.0 Å². The summed E-state index contributed by atoms with van der Waals surface area (Å²) in [5.74, 6) is -0.818. The first-order chi connectivity index (χ1) is 15.4. The molecule has 2 N–H and O–H groups in total. The zero-order valence-electron chi connectivity index (χ0n) is 17.8. The van der Waals surface area contributed by atoms with Crippen LogP contribution in [0.3, 0.4) is 0 Å². The van der Waals surface area contributed by atoms with Gasteiger partial charge in [-0.3, -0.25) is 9.59 Å². The maximum Gasteiger partial charge on any atom is 0.343 e. The quantitative estimate of drug-likeness (QED) is 0.260. The molecule has 7 heteroatoms. The predicted molar refractivity (Wildman–Crippen MR) is 122 cm³/mol. The van der Waals surface area contributed by atoms with Crippen LogP contribution in [0.4, 0.5) is 0 Å². The largest absolute Gasteiger partial charge is 0.423 e. The molecular weight excluding hydrogens is 406 g/mol. The Balaban J connectivity index is 1.45. The number of esters is 1. The Bertz CT molecular complexity index is 1150. The van der Waals surface area contributed by atoms with E-state index in [1.807, 2.05) is 26.0 Å². The van der Waals surface area contributed by atoms with Crippen LogP contribution in [0.1, 0.15) is 37.4 Å². The third kappa shape index (κ3) is 6.63. The number of hydrazone groups is 1. The highest BCUT2D eigenvalue weighted by Crippen LogP contribution is 2.14. The molecule has 2 amide bonds. The minimum absolute atomic E-state index is 0.196. The summed E-state index contributed by atoms with van der Waals surface area (Å²) < 4.78 is 5.36. The van der Waals surface area contributed by atoms with Crippen LogP contribution >= 0.6 is 0 Å². The first kappa shape index (κ1) is 22.4. The molecule has 3 rings (SSSR count). The van der Waals surface area contributed by atoms with Gasteiger partial charge in [-0.25, -0.2) is 10.2 Å². The van der Waals surface area contributed by atoms with Gasteiger partial charge >= 0.3 is 5.97 Å². The third-order valence-corrected chi connectivity index (χ3v) is 4.44. The Morgan fingerprint density at radius 2 is 1.50 bits per heavy atom. The Morgan fingerprint density at radius 3 is 2.16 bits per heavy atom. The summed E-state index contributed by atoms with van der Waals surface area (Å²) in [4.78, 5) is 36.1. The second-order valence-corrected chi connectivity index (χ2v) is 7.17. The molecule has 0 radical (unpaired) electrons. The maximum absolute atomic E-state index is 12.2. The molecule has 0 aromatic heterocycles. The van der Waals surface area contributed by atoms with Gasteiger partial charge in [0.15, 0.2) is 0 Å². The summed E-state index contributed by atoms with van der Waals surface area (Å²) in [7, 11) is 0. The number of benzene rings is 3. The van der Waals surface area contributed by atoms with E-state index in [0.717, 1.165) is 11.1 Å². The fourth-order valence-electron chi connectivity index (χ4n) is 2.83. The molecule has 0 heterocycles. The van der Waals surface area contributed by atoms with Gasteiger partial charge in [-0.15, -0.1) is 0 Å². The van der Waals surface area contributed by atoms with Gasteiger partial charge in [0.1, 0.15) is 5.75 Å². The first-order valence-corrected chi connectivity index (χ1v) is 9.96. The second-order valence-electron chi connectivity index (χ2n) is 7.17. The monoisotopic (exact) mass is 429 g/mol. The SMILES string of the molecule is Cc1cccc(C(=O)NCC(=O)NN=Cc2ccc(OC(=O)c3cccc(C)c3)cc2)c1. The molecule has 0 saturated carbocycles. The Kier molecular flexibility index (Phi) is 7.48. The number of nitrogens with one attached hydrogen (secondary N) is 2. The van der Waals surface area contributed by atoms with Gasteiger partial charge in [-0.2, -0.15) is 5.10 Å². The lowest BCUT2D eigenvalue weighted by Crippen LogP contribution is -2.34. The fourth-order valence-corrected chi connectivity index (χ4v) is 2.83. The van der Waals surface area contributed by atoms with Crippen LogP contribution in [0.25, 0.3) is 0 Å². The van der Waals surface area contributed by atoms with E-state index in [0.29, 0.717) is 22.4 Å². The molecule has 0 aliphatic carbocycles. The fraction of sp³-hybridized carbons (Fsp3) is 0.120. The second kappa shape index (κ2) is 10.7. The van der Waals surface area contributed by atoms with Gasteiger partial charge in [0.25, 0.3) is 11.8 Å². The van der Waals surface area contributed by atoms with Crippen molar-refractivity contribution in [1.29, 1.82) is 0 Å². The molecule has 0 bridgehead atoms. The van der Waals surface area contributed by atoms with Crippen LogP contribution in [0.15, 0.2) is 77.9 Å². The smallest absolute Gasteiger partial charge is 0.343 e. The molecule has 3 aromatic carbocycles. The number of carbonyl (C=O) groups excluding carboxylic acids is 3. The number of aryl methyl sites for hydroxylation is 2. The highest BCUT2D eigenvalue weighted by molar-refractivity contribution is 5.96. The summed E-state index contributed by atoms with van der Waals surface area (Å²) in [6, 6.07) is 20.9. The lowest BCUT2D eigenvalue weighted by Gasteiger charge is -2.06. The normalized spacial score (nSPS) is 10.6. The lowest BCUT2D eigenvalue weighted by molar-refractivity contribution is -0.120. The Hall–Kier alpha value is -4.26. The molecule has 32 heavy (non-hydrogen) atoms. The summed E-state index contributed by atoms with van der Waals surface area (Å²) in [6.45, 7) is 3.60. The van der Waals surface area contributed by atoms with Crippen LogP contribution in [0, 0.1) is 13.8 Å². The summed E-state index contributed by atoms with van der Waals surface area (Å²) >= 11 is 0. The summed E-state index contributed by atoms with van der Waals surface area (Å²) in [5, 5.41) is 6.41. The van der Waals surface area contributed by atoms with E-state index in [9.17, 15) is 14.4 Å². The highest BCUT2D eigenvalue weighted by atomic mass is 16.5. The molecule has 0 fully saturated rings. The van der Waals surface area contributed by atoms with Crippen LogP contribution in [0.5, 0.6) is 5.75 Å². The van der Waals surface area contributed by atoms with Crippen LogP contribution in [-0.2, 0) is 4.79 Å². The first-order valence-electron chi connectivity index (χ1n) is 9.96. The van der Waals surface area contributed by atoms with Crippen molar-refractivity contribution < 1.29 is 19.1 Å². The van der Waals surface area contributed by atoms with Gasteiger partial charge in [0, 0.05) is 5.56 Å². The van der Waals surface area contributed by atoms with Gasteiger partial charge < -0.3 is 10.1 Å². The predicted octanol–water partition coefficient (Wildman–Crippen LogP) is 3.40. The molecule has 0 spiro atoms. The molecular formula is C25H23N3O4. The number of rotatable bonds is 7. The summed E-state index contributed by atoms with van der Waals surface area (Å²) in [6.07, 6.45) is 1.45. The molecule has 0 unspecified atom stereocenters. The van der Waals surface area contributed by atoms with E-state index in [1.54, 1.807) is 60.7 Å². The van der Waals surface area contributed by atoms with E-state index < -0.39 is 11.9 Å². The number of ether oxygens (including phenoxy) is 1. The lowest BCUT2D eigenvalue weighted by atomic mass is 10.1. The van der Waals surface area contributed by atoms with Crippen molar-refractivity contribution in [1.82, 2.24) is 10.7 Å². The van der Waals surface area contributed by atoms with Crippen molar-refractivity contribution in [3.63, 3.8) is 0 Å². The summed E-state index contributed by atoms with van der Waals surface area (Å²) in [5.41, 5.74) is 5.96. The number of carbonyl (C=O) groups is 3. The third-order valence-electron chi connectivity index (χ3n) is 4.44. The topological polar surface area (TPSA) is 96.9 Å². The molecule has 0 saturated heterocycles. The molecule has 3 aromatic rings. The van der Waals surface area contributed by atoms with E-state index >= 15 is 0 Å². The van der Waals surface area contributed by atoms with Crippen molar-refractivity contribution in [3.05, 3.63) is 101 Å². The number of amides is 2. The average Bonchev–Trinajstić information content (AvgIpc) is 2.78. The molecule has 0 aliphatic heterocycles. The van der Waals surface area contributed by atoms with Gasteiger partial charge in [0.2, 0.25) is 0 Å². The van der Waals surface area contributed by atoms with Crippen molar-refractivity contribution in [2.45, 2.75) is 13.8 Å². The Morgan fingerprint density at radius 1 is 0.875 bits per heavy atom. The molecule has 7 nitrogen and oxygen atoms in total.